The highest BCUT2D eigenvalue weighted by atomic mass is 32.2. The third-order valence-corrected chi connectivity index (χ3v) is 12.8. The monoisotopic (exact) mass is 517 g/mol. The van der Waals surface area contributed by atoms with Gasteiger partial charge in [-0.1, -0.05) is 107 Å². The normalized spacial score (nSPS) is 23.1. The smallest absolute Gasteiger partial charge is 0.337 e. The topological polar surface area (TPSA) is 84.9 Å². The molecule has 184 valence electrons. The van der Waals surface area contributed by atoms with E-state index in [0.717, 1.165) is 10.4 Å². The second kappa shape index (κ2) is 9.70. The summed E-state index contributed by atoms with van der Waals surface area (Å²) in [5.41, 5.74) is 1.73. The first kappa shape index (κ1) is 26.8. The van der Waals surface area contributed by atoms with Gasteiger partial charge in [0.25, 0.3) is 8.32 Å². The van der Waals surface area contributed by atoms with Gasteiger partial charge in [0.15, 0.2) is 0 Å². The van der Waals surface area contributed by atoms with Gasteiger partial charge in [-0.2, -0.15) is 13.1 Å². The second-order valence-corrected chi connectivity index (χ2v) is 21.2. The van der Waals surface area contributed by atoms with Gasteiger partial charge in [-0.15, -0.1) is 5.54 Å². The molecule has 1 fully saturated rings. The van der Waals surface area contributed by atoms with E-state index >= 15 is 0 Å². The zero-order valence-electron chi connectivity index (χ0n) is 20.8. The van der Waals surface area contributed by atoms with Gasteiger partial charge < -0.3 is 9.53 Å². The van der Waals surface area contributed by atoms with E-state index in [4.69, 9.17) is 8.61 Å². The van der Waals surface area contributed by atoms with E-state index in [1.54, 1.807) is 0 Å². The van der Waals surface area contributed by atoms with Crippen molar-refractivity contribution in [3.8, 4) is 11.5 Å². The number of aliphatic hydroxyl groups is 1. The van der Waals surface area contributed by atoms with Crippen LogP contribution in [-0.4, -0.2) is 54.8 Å². The molecule has 1 aliphatic rings. The molecule has 2 aromatic rings. The van der Waals surface area contributed by atoms with Gasteiger partial charge in [0.2, 0.25) is 0 Å². The predicted octanol–water partition coefficient (Wildman–Crippen LogP) is 2.41. The number of rotatable bonds is 5. The maximum absolute atomic E-state index is 12.5. The van der Waals surface area contributed by atoms with Crippen LogP contribution in [0.5, 0.6) is 0 Å². The molecular formula is C25H35NO5SSi2. The Balaban J connectivity index is 2.19. The van der Waals surface area contributed by atoms with Gasteiger partial charge in [0, 0.05) is 0 Å². The first-order valence-electron chi connectivity index (χ1n) is 11.4. The van der Waals surface area contributed by atoms with Crippen molar-refractivity contribution in [1.29, 1.82) is 0 Å². The van der Waals surface area contributed by atoms with E-state index in [1.165, 1.54) is 0 Å². The fourth-order valence-electron chi connectivity index (χ4n) is 4.17. The molecule has 6 nitrogen and oxygen atoms in total. The zero-order valence-corrected chi connectivity index (χ0v) is 23.6. The lowest BCUT2D eigenvalue weighted by molar-refractivity contribution is 0.0152. The minimum Gasteiger partial charge on any atom is -0.404 e. The molecule has 2 aromatic carbocycles. The average Bonchev–Trinajstić information content (AvgIpc) is 2.75. The van der Waals surface area contributed by atoms with Gasteiger partial charge in [0.1, 0.15) is 19.7 Å². The SMILES string of the molecule is CC(C)(C)[Si](OC[C@@]1(C#C[Si](C)(C)C)NS(=O)(=O)OC[C@@H]1O)(c1ccccc1)c1ccccc1. The van der Waals surface area contributed by atoms with Crippen LogP contribution in [0, 0.1) is 11.5 Å². The Morgan fingerprint density at radius 1 is 1.06 bits per heavy atom. The van der Waals surface area contributed by atoms with Crippen molar-refractivity contribution in [2.24, 2.45) is 0 Å². The van der Waals surface area contributed by atoms with E-state index in [0.29, 0.717) is 0 Å². The van der Waals surface area contributed by atoms with Crippen molar-refractivity contribution in [2.45, 2.75) is 57.1 Å². The first-order valence-corrected chi connectivity index (χ1v) is 18.2. The van der Waals surface area contributed by atoms with Crippen LogP contribution in [0.25, 0.3) is 0 Å². The lowest BCUT2D eigenvalue weighted by Gasteiger charge is -2.46. The molecular weight excluding hydrogens is 483 g/mol. The fraction of sp³-hybridized carbons (Fsp3) is 0.440. The molecule has 1 heterocycles. The molecule has 9 heteroatoms. The van der Waals surface area contributed by atoms with Crippen molar-refractivity contribution in [3.05, 3.63) is 60.7 Å². The summed E-state index contributed by atoms with van der Waals surface area (Å²) in [6, 6.07) is 20.1. The molecule has 0 aromatic heterocycles. The van der Waals surface area contributed by atoms with E-state index in [1.807, 2.05) is 36.4 Å². The van der Waals surface area contributed by atoms with Crippen molar-refractivity contribution in [2.75, 3.05) is 13.2 Å². The van der Waals surface area contributed by atoms with Gasteiger partial charge >= 0.3 is 10.3 Å². The summed E-state index contributed by atoms with van der Waals surface area (Å²) in [4.78, 5) is 0. The molecule has 0 radical (unpaired) electrons. The molecule has 0 amide bonds. The highest BCUT2D eigenvalue weighted by Crippen LogP contribution is 2.37. The Morgan fingerprint density at radius 2 is 1.56 bits per heavy atom. The fourth-order valence-corrected chi connectivity index (χ4v) is 10.4. The van der Waals surface area contributed by atoms with Crippen molar-refractivity contribution >= 4 is 37.1 Å². The second-order valence-electron chi connectivity index (χ2n) is 10.8. The van der Waals surface area contributed by atoms with Gasteiger partial charge in [-0.05, 0) is 15.4 Å². The van der Waals surface area contributed by atoms with Crippen LogP contribution in [-0.2, 0) is 18.9 Å². The zero-order chi connectivity index (χ0) is 25.3. The summed E-state index contributed by atoms with van der Waals surface area (Å²) >= 11 is 0. The van der Waals surface area contributed by atoms with E-state index in [2.05, 4.69) is 80.9 Å². The minimum atomic E-state index is -4.09. The Labute approximate surface area is 206 Å². The maximum atomic E-state index is 12.5. The van der Waals surface area contributed by atoms with Crippen molar-refractivity contribution < 1.29 is 22.1 Å². The number of hydrogen-bond acceptors (Lipinski definition) is 5. The molecule has 3 rings (SSSR count). The molecule has 34 heavy (non-hydrogen) atoms. The van der Waals surface area contributed by atoms with E-state index < -0.39 is 38.3 Å². The molecule has 0 saturated carbocycles. The molecule has 0 aliphatic carbocycles. The quantitative estimate of drug-likeness (QED) is 0.470. The molecule has 0 unspecified atom stereocenters. The highest BCUT2D eigenvalue weighted by Gasteiger charge is 2.53. The summed E-state index contributed by atoms with van der Waals surface area (Å²) in [6.45, 7) is 12.1. The molecule has 2 atom stereocenters. The van der Waals surface area contributed by atoms with Gasteiger partial charge in [-0.3, -0.25) is 4.18 Å². The summed E-state index contributed by atoms with van der Waals surface area (Å²) in [5, 5.41) is 12.8. The summed E-state index contributed by atoms with van der Waals surface area (Å²) < 4.78 is 39.2. The third-order valence-electron chi connectivity index (χ3n) is 5.85. The molecule has 1 saturated heterocycles. The molecule has 1 aliphatic heterocycles. The average molecular weight is 518 g/mol. The molecule has 2 N–H and O–H groups in total. The minimum absolute atomic E-state index is 0.110. The first-order chi connectivity index (χ1) is 15.7. The Kier molecular flexibility index (Phi) is 7.65. The standard InChI is InChI=1S/C25H35NO5SSi2/c1-24(2,3)34(21-13-9-7-10-14-21,22-15-11-8-12-16-22)31-20-25(17-18-33(4,5)6)23(27)19-30-32(28,29)26-25/h7-16,23,26-27H,19-20H2,1-6H3/t23-,25+/m0/s1. The Bertz CT molecular complexity index is 1110. The van der Waals surface area contributed by atoms with E-state index in [-0.39, 0.29) is 18.3 Å². The van der Waals surface area contributed by atoms with Crippen LogP contribution in [0.15, 0.2) is 60.7 Å². The van der Waals surface area contributed by atoms with Crippen LogP contribution in [0.2, 0.25) is 24.7 Å². The van der Waals surface area contributed by atoms with Crippen LogP contribution >= 0.6 is 0 Å². The lowest BCUT2D eigenvalue weighted by atomic mass is 9.96. The Hall–Kier alpha value is -1.78. The largest absolute Gasteiger partial charge is 0.404 e. The predicted molar refractivity (Wildman–Crippen MR) is 141 cm³/mol. The van der Waals surface area contributed by atoms with Crippen LogP contribution in [0.1, 0.15) is 20.8 Å². The summed E-state index contributed by atoms with van der Waals surface area (Å²) in [6.07, 6.45) is -1.18. The summed E-state index contributed by atoms with van der Waals surface area (Å²) in [5.74, 6) is 3.10. The van der Waals surface area contributed by atoms with Crippen LogP contribution in [0.3, 0.4) is 0 Å². The van der Waals surface area contributed by atoms with E-state index in [9.17, 15) is 13.5 Å². The molecule has 0 spiro atoms. The van der Waals surface area contributed by atoms with Crippen molar-refractivity contribution in [1.82, 2.24) is 4.72 Å². The van der Waals surface area contributed by atoms with Crippen LogP contribution < -0.4 is 15.1 Å². The van der Waals surface area contributed by atoms with Crippen LogP contribution in [0.4, 0.5) is 0 Å². The van der Waals surface area contributed by atoms with Gasteiger partial charge in [0.05, 0.1) is 13.2 Å². The number of hydrogen-bond donors (Lipinski definition) is 2. The number of nitrogens with one attached hydrogen (secondary N) is 1. The van der Waals surface area contributed by atoms with Crippen molar-refractivity contribution in [3.63, 3.8) is 0 Å². The summed E-state index contributed by atoms with van der Waals surface area (Å²) in [7, 11) is -8.95. The number of aliphatic hydroxyl groups excluding tert-OH is 1. The molecule has 0 bridgehead atoms. The lowest BCUT2D eigenvalue weighted by Crippen LogP contribution is -2.71. The highest BCUT2D eigenvalue weighted by molar-refractivity contribution is 7.84. The van der Waals surface area contributed by atoms with Gasteiger partial charge in [-0.25, -0.2) is 0 Å². The third kappa shape index (κ3) is 5.71. The number of benzene rings is 2. The Morgan fingerprint density at radius 3 is 2.00 bits per heavy atom. The maximum Gasteiger partial charge on any atom is 0.337 e.